The zero-order chi connectivity index (χ0) is 8.72. The SMILES string of the molecule is Fc1csc2nc(Cl)nc(Cl)c12. The Balaban J connectivity index is 2.93. The van der Waals surface area contributed by atoms with E-state index in [1.807, 2.05) is 0 Å². The van der Waals surface area contributed by atoms with Crippen molar-refractivity contribution in [3.05, 3.63) is 21.6 Å². The molecule has 12 heavy (non-hydrogen) atoms. The summed E-state index contributed by atoms with van der Waals surface area (Å²) in [7, 11) is 0. The molecule has 6 heteroatoms. The predicted molar refractivity (Wildman–Crippen MR) is 47.4 cm³/mol. The molecule has 2 aromatic rings. The Morgan fingerprint density at radius 3 is 2.83 bits per heavy atom. The molecule has 0 saturated heterocycles. The van der Waals surface area contributed by atoms with Crippen LogP contribution in [0.1, 0.15) is 0 Å². The molecule has 0 radical (unpaired) electrons. The van der Waals surface area contributed by atoms with Crippen LogP contribution in [0.4, 0.5) is 4.39 Å². The van der Waals surface area contributed by atoms with E-state index in [0.29, 0.717) is 4.83 Å². The molecule has 0 fully saturated rings. The summed E-state index contributed by atoms with van der Waals surface area (Å²) in [5.74, 6) is -0.406. The first kappa shape index (κ1) is 8.16. The van der Waals surface area contributed by atoms with Crippen LogP contribution in [0.2, 0.25) is 10.4 Å². The highest BCUT2D eigenvalue weighted by atomic mass is 35.5. The third-order valence-electron chi connectivity index (χ3n) is 1.32. The molecule has 0 N–H and O–H groups in total. The van der Waals surface area contributed by atoms with Gasteiger partial charge in [0, 0.05) is 5.38 Å². The number of thiophene rings is 1. The Kier molecular flexibility index (Phi) is 1.90. The van der Waals surface area contributed by atoms with Gasteiger partial charge in [-0.1, -0.05) is 11.6 Å². The van der Waals surface area contributed by atoms with Gasteiger partial charge < -0.3 is 0 Å². The van der Waals surface area contributed by atoms with Crippen molar-refractivity contribution in [1.82, 2.24) is 9.97 Å². The normalized spacial score (nSPS) is 10.9. The monoisotopic (exact) mass is 222 g/mol. The van der Waals surface area contributed by atoms with Gasteiger partial charge in [-0.3, -0.25) is 0 Å². The Morgan fingerprint density at radius 2 is 2.08 bits per heavy atom. The molecular weight excluding hydrogens is 222 g/mol. The summed E-state index contributed by atoms with van der Waals surface area (Å²) in [6.07, 6.45) is 0. The predicted octanol–water partition coefficient (Wildman–Crippen LogP) is 3.14. The highest BCUT2D eigenvalue weighted by molar-refractivity contribution is 7.16. The van der Waals surface area contributed by atoms with Crippen LogP contribution in [0.5, 0.6) is 0 Å². The van der Waals surface area contributed by atoms with Gasteiger partial charge in [-0.15, -0.1) is 11.3 Å². The maximum atomic E-state index is 12.9. The molecule has 0 aromatic carbocycles. The Morgan fingerprint density at radius 1 is 1.33 bits per heavy atom. The van der Waals surface area contributed by atoms with E-state index >= 15 is 0 Å². The maximum Gasteiger partial charge on any atom is 0.225 e. The molecule has 0 aliphatic rings. The van der Waals surface area contributed by atoms with Gasteiger partial charge in [0.2, 0.25) is 5.28 Å². The number of hydrogen-bond donors (Lipinski definition) is 0. The van der Waals surface area contributed by atoms with Crippen molar-refractivity contribution in [2.45, 2.75) is 0 Å². The van der Waals surface area contributed by atoms with E-state index in [1.54, 1.807) is 0 Å². The maximum absolute atomic E-state index is 12.9. The third kappa shape index (κ3) is 1.16. The lowest BCUT2D eigenvalue weighted by Crippen LogP contribution is -1.83. The largest absolute Gasteiger partial charge is 0.225 e. The second kappa shape index (κ2) is 2.80. The fraction of sp³-hybridized carbons (Fsp3) is 0. The zero-order valence-corrected chi connectivity index (χ0v) is 7.84. The number of aromatic nitrogens is 2. The molecule has 2 aromatic heterocycles. The van der Waals surface area contributed by atoms with E-state index in [0.717, 1.165) is 11.3 Å². The van der Waals surface area contributed by atoms with Crippen LogP contribution in [0.3, 0.4) is 0 Å². The second-order valence-electron chi connectivity index (χ2n) is 2.05. The number of hydrogen-bond acceptors (Lipinski definition) is 3. The van der Waals surface area contributed by atoms with Gasteiger partial charge in [0.25, 0.3) is 0 Å². The summed E-state index contributed by atoms with van der Waals surface area (Å²) >= 11 is 12.3. The van der Waals surface area contributed by atoms with Crippen molar-refractivity contribution in [2.24, 2.45) is 0 Å². The third-order valence-corrected chi connectivity index (χ3v) is 2.60. The molecule has 2 heterocycles. The lowest BCUT2D eigenvalue weighted by molar-refractivity contribution is 0.644. The standard InChI is InChI=1S/C6HCl2FN2S/c7-4-3-2(9)1-12-5(3)11-6(8)10-4/h1H. The van der Waals surface area contributed by atoms with Crippen LogP contribution in [0.25, 0.3) is 10.2 Å². The number of rotatable bonds is 0. The summed E-state index contributed by atoms with van der Waals surface area (Å²) in [5, 5.41) is 1.66. The van der Waals surface area contributed by atoms with Gasteiger partial charge in [-0.05, 0) is 11.6 Å². The first-order valence-corrected chi connectivity index (χ1v) is 4.58. The number of halogens is 3. The molecule has 0 bridgehead atoms. The Labute approximate surface area is 81.0 Å². The van der Waals surface area contributed by atoms with Crippen molar-refractivity contribution in [3.63, 3.8) is 0 Å². The topological polar surface area (TPSA) is 25.8 Å². The van der Waals surface area contributed by atoms with Gasteiger partial charge in [0.15, 0.2) is 0 Å². The van der Waals surface area contributed by atoms with Crippen molar-refractivity contribution >= 4 is 44.8 Å². The summed E-state index contributed by atoms with van der Waals surface area (Å²) in [6.45, 7) is 0. The zero-order valence-electron chi connectivity index (χ0n) is 5.51. The molecule has 0 saturated carbocycles. The van der Waals surface area contributed by atoms with Crippen molar-refractivity contribution < 1.29 is 4.39 Å². The molecule has 2 rings (SSSR count). The Bertz CT molecular complexity index is 442. The second-order valence-corrected chi connectivity index (χ2v) is 3.60. The van der Waals surface area contributed by atoms with E-state index < -0.39 is 5.82 Å². The van der Waals surface area contributed by atoms with E-state index in [4.69, 9.17) is 23.2 Å². The minimum absolute atomic E-state index is 0.0364. The van der Waals surface area contributed by atoms with Crippen molar-refractivity contribution in [1.29, 1.82) is 0 Å². The smallest absolute Gasteiger partial charge is 0.207 e. The van der Waals surface area contributed by atoms with E-state index in [1.165, 1.54) is 5.38 Å². The first-order chi connectivity index (χ1) is 5.68. The van der Waals surface area contributed by atoms with Crippen LogP contribution in [0.15, 0.2) is 5.38 Å². The van der Waals surface area contributed by atoms with E-state index in [-0.39, 0.29) is 15.8 Å². The Hall–Kier alpha value is -0.450. The molecule has 0 aliphatic carbocycles. The highest BCUT2D eigenvalue weighted by Gasteiger charge is 2.10. The van der Waals surface area contributed by atoms with Gasteiger partial charge in [0.1, 0.15) is 15.8 Å². The van der Waals surface area contributed by atoms with Crippen LogP contribution in [0, 0.1) is 5.82 Å². The van der Waals surface area contributed by atoms with Gasteiger partial charge in [0.05, 0.1) is 5.39 Å². The number of fused-ring (bicyclic) bond motifs is 1. The minimum atomic E-state index is -0.406. The van der Waals surface area contributed by atoms with Gasteiger partial charge >= 0.3 is 0 Å². The molecular formula is C6HCl2FN2S. The lowest BCUT2D eigenvalue weighted by atomic mass is 10.4. The summed E-state index contributed by atoms with van der Waals surface area (Å²) in [5.41, 5.74) is 0. The molecule has 0 amide bonds. The fourth-order valence-electron chi connectivity index (χ4n) is 0.842. The number of nitrogens with zero attached hydrogens (tertiary/aromatic N) is 2. The summed E-state index contributed by atoms with van der Waals surface area (Å²) in [4.78, 5) is 7.90. The summed E-state index contributed by atoms with van der Waals surface area (Å²) < 4.78 is 12.9. The average Bonchev–Trinajstić information content (AvgIpc) is 2.31. The summed E-state index contributed by atoms with van der Waals surface area (Å²) in [6, 6.07) is 0. The fourth-order valence-corrected chi connectivity index (χ4v) is 2.20. The average molecular weight is 223 g/mol. The highest BCUT2D eigenvalue weighted by Crippen LogP contribution is 2.29. The van der Waals surface area contributed by atoms with E-state index in [2.05, 4.69) is 9.97 Å². The molecule has 2 nitrogen and oxygen atoms in total. The van der Waals surface area contributed by atoms with Gasteiger partial charge in [-0.2, -0.15) is 0 Å². The lowest BCUT2D eigenvalue weighted by Gasteiger charge is -1.92. The molecule has 0 spiro atoms. The van der Waals surface area contributed by atoms with Crippen LogP contribution >= 0.6 is 34.5 Å². The molecule has 0 aliphatic heterocycles. The van der Waals surface area contributed by atoms with Crippen LogP contribution in [-0.4, -0.2) is 9.97 Å². The van der Waals surface area contributed by atoms with Gasteiger partial charge in [-0.25, -0.2) is 14.4 Å². The molecule has 0 atom stereocenters. The minimum Gasteiger partial charge on any atom is -0.207 e. The van der Waals surface area contributed by atoms with E-state index in [9.17, 15) is 4.39 Å². The van der Waals surface area contributed by atoms with Crippen molar-refractivity contribution in [3.8, 4) is 0 Å². The molecule has 0 unspecified atom stereocenters. The molecule has 62 valence electrons. The van der Waals surface area contributed by atoms with Crippen LogP contribution in [-0.2, 0) is 0 Å². The first-order valence-electron chi connectivity index (χ1n) is 2.94. The quantitative estimate of drug-likeness (QED) is 0.506. The van der Waals surface area contributed by atoms with Crippen molar-refractivity contribution in [2.75, 3.05) is 0 Å². The van der Waals surface area contributed by atoms with Crippen LogP contribution < -0.4 is 0 Å².